The molecule has 0 atom stereocenters. The largest absolute Gasteiger partial charge is 0.397 e. The highest BCUT2D eigenvalue weighted by atomic mass is 79.9. The molecule has 0 unspecified atom stereocenters. The molecule has 2 aromatic rings. The summed E-state index contributed by atoms with van der Waals surface area (Å²) in [5, 5.41) is 3.29. The first-order chi connectivity index (χ1) is 8.06. The average Bonchev–Trinajstić information content (AvgIpc) is 2.57. The van der Waals surface area contributed by atoms with Crippen molar-refractivity contribution >= 4 is 38.8 Å². The van der Waals surface area contributed by atoms with Crippen LogP contribution in [0.5, 0.6) is 0 Å². The smallest absolute Gasteiger partial charge is 0.140 e. The fraction of sp³-hybridized carbons (Fsp3) is 0.250. The first kappa shape index (κ1) is 12.4. The van der Waals surface area contributed by atoms with Gasteiger partial charge in [-0.25, -0.2) is 4.98 Å². The van der Waals surface area contributed by atoms with Gasteiger partial charge in [0.15, 0.2) is 0 Å². The molecular weight excluding hydrogens is 298 g/mol. The summed E-state index contributed by atoms with van der Waals surface area (Å²) in [6.45, 7) is 5.06. The van der Waals surface area contributed by atoms with E-state index in [4.69, 9.17) is 5.73 Å². The molecule has 0 saturated carbocycles. The van der Waals surface area contributed by atoms with Crippen molar-refractivity contribution in [1.82, 2.24) is 4.98 Å². The molecule has 0 fully saturated rings. The third-order valence-electron chi connectivity index (χ3n) is 2.51. The number of nitrogens with zero attached hydrogens (tertiary/aromatic N) is 1. The van der Waals surface area contributed by atoms with Gasteiger partial charge in [0, 0.05) is 9.75 Å². The molecule has 2 heterocycles. The second-order valence-electron chi connectivity index (χ2n) is 3.90. The zero-order valence-electron chi connectivity index (χ0n) is 9.75. The number of hydrogen-bond donors (Lipinski definition) is 2. The van der Waals surface area contributed by atoms with Gasteiger partial charge in [-0.3, -0.25) is 0 Å². The van der Waals surface area contributed by atoms with E-state index in [1.807, 2.05) is 17.4 Å². The van der Waals surface area contributed by atoms with Crippen LogP contribution in [-0.4, -0.2) is 4.98 Å². The fourth-order valence-corrected chi connectivity index (χ4v) is 2.99. The van der Waals surface area contributed by atoms with Crippen molar-refractivity contribution in [3.63, 3.8) is 0 Å². The predicted octanol–water partition coefficient (Wildman–Crippen LogP) is 3.72. The molecule has 0 aliphatic carbocycles. The number of aromatic nitrogens is 1. The Morgan fingerprint density at radius 3 is 2.76 bits per heavy atom. The lowest BCUT2D eigenvalue weighted by molar-refractivity contribution is 1.13. The van der Waals surface area contributed by atoms with Crippen LogP contribution in [0.2, 0.25) is 0 Å². The lowest BCUT2D eigenvalue weighted by Gasteiger charge is -2.06. The Bertz CT molecular complexity index is 517. The van der Waals surface area contributed by atoms with Gasteiger partial charge in [0.2, 0.25) is 0 Å². The first-order valence-corrected chi connectivity index (χ1v) is 6.88. The number of thiophene rings is 1. The SMILES string of the molecule is Cc1cc(CNc2ncc(N)cc2Br)sc1C. The van der Waals surface area contributed by atoms with E-state index in [1.165, 1.54) is 15.3 Å². The van der Waals surface area contributed by atoms with Crippen LogP contribution in [0.1, 0.15) is 15.3 Å². The number of nitrogens with two attached hydrogens (primary N) is 1. The Balaban J connectivity index is 2.07. The molecule has 0 aromatic carbocycles. The molecule has 5 heteroatoms. The van der Waals surface area contributed by atoms with Crippen molar-refractivity contribution in [3.05, 3.63) is 38.1 Å². The highest BCUT2D eigenvalue weighted by molar-refractivity contribution is 9.10. The maximum atomic E-state index is 5.64. The Morgan fingerprint density at radius 1 is 1.41 bits per heavy atom. The molecule has 2 aromatic heterocycles. The summed E-state index contributed by atoms with van der Waals surface area (Å²) in [7, 11) is 0. The molecule has 0 bridgehead atoms. The van der Waals surface area contributed by atoms with Crippen LogP contribution < -0.4 is 11.1 Å². The van der Waals surface area contributed by atoms with Crippen LogP contribution in [0.3, 0.4) is 0 Å². The standard InChI is InChI=1S/C12H14BrN3S/c1-7-3-10(17-8(7)2)6-16-12-11(13)4-9(14)5-15-12/h3-5H,6,14H2,1-2H3,(H,15,16). The summed E-state index contributed by atoms with van der Waals surface area (Å²) in [6.07, 6.45) is 1.65. The minimum atomic E-state index is 0.658. The molecule has 90 valence electrons. The van der Waals surface area contributed by atoms with Gasteiger partial charge >= 0.3 is 0 Å². The van der Waals surface area contributed by atoms with E-state index in [0.717, 1.165) is 16.8 Å². The topological polar surface area (TPSA) is 50.9 Å². The monoisotopic (exact) mass is 311 g/mol. The number of nitrogens with one attached hydrogen (secondary N) is 1. The van der Waals surface area contributed by atoms with Crippen molar-refractivity contribution in [2.45, 2.75) is 20.4 Å². The number of nitrogen functional groups attached to an aromatic ring is 1. The summed E-state index contributed by atoms with van der Waals surface area (Å²) >= 11 is 5.25. The lowest BCUT2D eigenvalue weighted by Crippen LogP contribution is -2.01. The van der Waals surface area contributed by atoms with E-state index in [2.05, 4.69) is 46.1 Å². The number of hydrogen-bond acceptors (Lipinski definition) is 4. The summed E-state index contributed by atoms with van der Waals surface area (Å²) < 4.78 is 0.891. The van der Waals surface area contributed by atoms with Gasteiger partial charge in [0.05, 0.1) is 22.9 Å². The van der Waals surface area contributed by atoms with Crippen LogP contribution in [0.25, 0.3) is 0 Å². The van der Waals surface area contributed by atoms with Crippen LogP contribution in [0, 0.1) is 13.8 Å². The molecule has 3 N–H and O–H groups in total. The predicted molar refractivity (Wildman–Crippen MR) is 77.5 cm³/mol. The molecule has 0 spiro atoms. The van der Waals surface area contributed by atoms with E-state index in [0.29, 0.717) is 5.69 Å². The van der Waals surface area contributed by atoms with Crippen molar-refractivity contribution in [3.8, 4) is 0 Å². The van der Waals surface area contributed by atoms with E-state index < -0.39 is 0 Å². The quantitative estimate of drug-likeness (QED) is 0.908. The Kier molecular flexibility index (Phi) is 3.69. The van der Waals surface area contributed by atoms with Gasteiger partial charge in [-0.1, -0.05) is 0 Å². The molecule has 0 radical (unpaired) electrons. The van der Waals surface area contributed by atoms with E-state index in [-0.39, 0.29) is 0 Å². The molecule has 0 aliphatic heterocycles. The summed E-state index contributed by atoms with van der Waals surface area (Å²) in [5.74, 6) is 0.822. The number of halogens is 1. The Hall–Kier alpha value is -1.07. The summed E-state index contributed by atoms with van der Waals surface area (Å²) in [4.78, 5) is 6.92. The van der Waals surface area contributed by atoms with E-state index >= 15 is 0 Å². The number of anilines is 2. The van der Waals surface area contributed by atoms with E-state index in [1.54, 1.807) is 6.20 Å². The second kappa shape index (κ2) is 5.06. The average molecular weight is 312 g/mol. The maximum Gasteiger partial charge on any atom is 0.140 e. The second-order valence-corrected chi connectivity index (χ2v) is 6.10. The lowest BCUT2D eigenvalue weighted by atomic mass is 10.3. The van der Waals surface area contributed by atoms with Crippen LogP contribution >= 0.6 is 27.3 Å². The molecule has 3 nitrogen and oxygen atoms in total. The van der Waals surface area contributed by atoms with Gasteiger partial charge in [0.25, 0.3) is 0 Å². The third kappa shape index (κ3) is 2.98. The minimum absolute atomic E-state index is 0.658. The highest BCUT2D eigenvalue weighted by Crippen LogP contribution is 2.25. The normalized spacial score (nSPS) is 10.5. The number of pyridine rings is 1. The van der Waals surface area contributed by atoms with Gasteiger partial charge < -0.3 is 11.1 Å². The maximum absolute atomic E-state index is 5.64. The van der Waals surface area contributed by atoms with Gasteiger partial charge in [0.1, 0.15) is 5.82 Å². The number of aryl methyl sites for hydroxylation is 2. The van der Waals surface area contributed by atoms with Crippen LogP contribution in [0.4, 0.5) is 11.5 Å². The van der Waals surface area contributed by atoms with Crippen LogP contribution in [0.15, 0.2) is 22.8 Å². The van der Waals surface area contributed by atoms with Crippen molar-refractivity contribution < 1.29 is 0 Å². The molecule has 0 saturated heterocycles. The Labute approximate surface area is 113 Å². The van der Waals surface area contributed by atoms with Crippen molar-refractivity contribution in [1.29, 1.82) is 0 Å². The van der Waals surface area contributed by atoms with Gasteiger partial charge in [-0.2, -0.15) is 0 Å². The highest BCUT2D eigenvalue weighted by Gasteiger charge is 2.04. The fourth-order valence-electron chi connectivity index (χ4n) is 1.49. The van der Waals surface area contributed by atoms with Crippen LogP contribution in [-0.2, 0) is 6.54 Å². The summed E-state index contributed by atoms with van der Waals surface area (Å²) in [5.41, 5.74) is 7.64. The zero-order valence-corrected chi connectivity index (χ0v) is 12.2. The molecule has 0 amide bonds. The van der Waals surface area contributed by atoms with Gasteiger partial charge in [-0.05, 0) is 47.5 Å². The van der Waals surface area contributed by atoms with Crippen molar-refractivity contribution in [2.75, 3.05) is 11.1 Å². The molecule has 0 aliphatic rings. The summed E-state index contributed by atoms with van der Waals surface area (Å²) in [6, 6.07) is 4.05. The minimum Gasteiger partial charge on any atom is -0.397 e. The molecular formula is C12H14BrN3S. The third-order valence-corrected chi connectivity index (χ3v) is 4.27. The number of rotatable bonds is 3. The van der Waals surface area contributed by atoms with Crippen molar-refractivity contribution in [2.24, 2.45) is 0 Å². The first-order valence-electron chi connectivity index (χ1n) is 5.27. The molecule has 17 heavy (non-hydrogen) atoms. The molecule has 2 rings (SSSR count). The Morgan fingerprint density at radius 2 is 2.18 bits per heavy atom. The zero-order chi connectivity index (χ0) is 12.4. The van der Waals surface area contributed by atoms with E-state index in [9.17, 15) is 0 Å². The van der Waals surface area contributed by atoms with Gasteiger partial charge in [-0.15, -0.1) is 11.3 Å².